The van der Waals surface area contributed by atoms with Crippen LogP contribution in [0, 0.1) is 0 Å². The van der Waals surface area contributed by atoms with Crippen LogP contribution in [0.5, 0.6) is 0 Å². The topological polar surface area (TPSA) is 75.6 Å². The SMILES string of the molecule is CONC(C(=O)O)C(=O)CBr. The number of carbonyl (C=O) groups excluding carboxylic acids is 1. The number of carboxylic acid groups (broad SMARTS) is 1. The minimum atomic E-state index is -1.29. The number of nitrogens with one attached hydrogen (secondary N) is 1. The number of rotatable bonds is 5. The Morgan fingerprint density at radius 3 is 2.55 bits per heavy atom. The summed E-state index contributed by atoms with van der Waals surface area (Å²) in [6, 6.07) is -1.29. The number of hydrogen-bond acceptors (Lipinski definition) is 4. The van der Waals surface area contributed by atoms with Gasteiger partial charge in [0.15, 0.2) is 11.8 Å². The van der Waals surface area contributed by atoms with E-state index in [0.29, 0.717) is 0 Å². The van der Waals surface area contributed by atoms with Crippen LogP contribution in [0.25, 0.3) is 0 Å². The Bertz CT molecular complexity index is 161. The van der Waals surface area contributed by atoms with Crippen LogP contribution >= 0.6 is 15.9 Å². The fourth-order valence-corrected chi connectivity index (χ4v) is 0.773. The maximum Gasteiger partial charge on any atom is 0.330 e. The number of aliphatic carboxylic acids is 1. The molecule has 5 nitrogen and oxygen atoms in total. The highest BCUT2D eigenvalue weighted by atomic mass is 79.9. The van der Waals surface area contributed by atoms with E-state index in [1.165, 1.54) is 7.11 Å². The predicted octanol–water partition coefficient (Wildman–Crippen LogP) is -0.445. The summed E-state index contributed by atoms with van der Waals surface area (Å²) in [7, 11) is 1.25. The number of hydroxylamine groups is 1. The van der Waals surface area contributed by atoms with Crippen LogP contribution in [0.4, 0.5) is 0 Å². The van der Waals surface area contributed by atoms with Crippen molar-refractivity contribution in [3.63, 3.8) is 0 Å². The van der Waals surface area contributed by atoms with Gasteiger partial charge in [-0.3, -0.25) is 4.79 Å². The summed E-state index contributed by atoms with van der Waals surface area (Å²) in [5.74, 6) is -1.74. The molecule has 0 bridgehead atoms. The normalized spacial score (nSPS) is 12.5. The van der Waals surface area contributed by atoms with Crippen LogP contribution in [0.1, 0.15) is 0 Å². The van der Waals surface area contributed by atoms with Gasteiger partial charge in [-0.15, -0.1) is 0 Å². The van der Waals surface area contributed by atoms with E-state index in [9.17, 15) is 9.59 Å². The summed E-state index contributed by atoms with van der Waals surface area (Å²) < 4.78 is 0. The van der Waals surface area contributed by atoms with Gasteiger partial charge < -0.3 is 9.94 Å². The first kappa shape index (κ1) is 10.5. The van der Waals surface area contributed by atoms with Crippen LogP contribution in [-0.4, -0.2) is 35.3 Å². The molecule has 0 radical (unpaired) electrons. The molecule has 1 atom stereocenters. The zero-order valence-corrected chi connectivity index (χ0v) is 7.42. The smallest absolute Gasteiger partial charge is 0.330 e. The average molecular weight is 226 g/mol. The van der Waals surface area contributed by atoms with Crippen LogP contribution < -0.4 is 5.48 Å². The number of halogens is 1. The van der Waals surface area contributed by atoms with Gasteiger partial charge in [-0.1, -0.05) is 15.9 Å². The van der Waals surface area contributed by atoms with E-state index in [2.05, 4.69) is 26.2 Å². The first-order valence-corrected chi connectivity index (χ1v) is 3.85. The number of alkyl halides is 1. The average Bonchev–Trinajstić information content (AvgIpc) is 1.98. The van der Waals surface area contributed by atoms with E-state index in [4.69, 9.17) is 5.11 Å². The van der Waals surface area contributed by atoms with Gasteiger partial charge in [-0.2, -0.15) is 5.48 Å². The molecule has 0 aliphatic heterocycles. The minimum absolute atomic E-state index is 0.0136. The molecule has 0 rings (SSSR count). The van der Waals surface area contributed by atoms with E-state index in [1.807, 2.05) is 0 Å². The molecule has 0 fully saturated rings. The Morgan fingerprint density at radius 2 is 2.27 bits per heavy atom. The highest BCUT2D eigenvalue weighted by Crippen LogP contribution is 1.91. The molecule has 0 aromatic heterocycles. The van der Waals surface area contributed by atoms with Crippen molar-refractivity contribution in [3.8, 4) is 0 Å². The number of carbonyl (C=O) groups is 2. The van der Waals surface area contributed by atoms with Crippen molar-refractivity contribution < 1.29 is 19.5 Å². The maximum atomic E-state index is 10.8. The van der Waals surface area contributed by atoms with Crippen molar-refractivity contribution in [1.82, 2.24) is 5.48 Å². The molecule has 0 spiro atoms. The molecule has 0 amide bonds. The molecular weight excluding hydrogens is 218 g/mol. The van der Waals surface area contributed by atoms with Gasteiger partial charge in [0.2, 0.25) is 0 Å². The molecule has 64 valence electrons. The fraction of sp³-hybridized carbons (Fsp3) is 0.600. The second-order valence-corrected chi connectivity index (χ2v) is 2.25. The molecule has 6 heteroatoms. The number of hydrogen-bond donors (Lipinski definition) is 2. The highest BCUT2D eigenvalue weighted by Gasteiger charge is 2.24. The van der Waals surface area contributed by atoms with Gasteiger partial charge in [-0.25, -0.2) is 4.79 Å². The van der Waals surface area contributed by atoms with Gasteiger partial charge in [-0.05, 0) is 0 Å². The van der Waals surface area contributed by atoms with Crippen molar-refractivity contribution in [2.24, 2.45) is 0 Å². The lowest BCUT2D eigenvalue weighted by molar-refractivity contribution is -0.147. The second kappa shape index (κ2) is 5.22. The summed E-state index contributed by atoms with van der Waals surface area (Å²) in [6.07, 6.45) is 0. The molecular formula is C5H8BrNO4. The molecule has 11 heavy (non-hydrogen) atoms. The van der Waals surface area contributed by atoms with Crippen LogP contribution in [0.15, 0.2) is 0 Å². The van der Waals surface area contributed by atoms with Gasteiger partial charge >= 0.3 is 5.97 Å². The van der Waals surface area contributed by atoms with Crippen molar-refractivity contribution in [2.45, 2.75) is 6.04 Å². The third-order valence-electron chi connectivity index (χ3n) is 0.936. The summed E-state index contributed by atoms with van der Waals surface area (Å²) in [5, 5.41) is 8.41. The van der Waals surface area contributed by atoms with Crippen LogP contribution in [-0.2, 0) is 14.4 Å². The van der Waals surface area contributed by atoms with Gasteiger partial charge in [0.25, 0.3) is 0 Å². The molecule has 0 heterocycles. The van der Waals surface area contributed by atoms with Crippen LogP contribution in [0.3, 0.4) is 0 Å². The Balaban J connectivity index is 4.09. The first-order chi connectivity index (χ1) is 5.13. The zero-order valence-electron chi connectivity index (χ0n) is 5.83. The summed E-state index contributed by atoms with van der Waals surface area (Å²) in [5.41, 5.74) is 2.05. The molecule has 1 unspecified atom stereocenters. The zero-order chi connectivity index (χ0) is 8.85. The molecule has 0 aliphatic carbocycles. The standard InChI is InChI=1S/C5H8BrNO4/c1-11-7-4(5(9)10)3(8)2-6/h4,7H,2H2,1H3,(H,9,10). The van der Waals surface area contributed by atoms with Gasteiger partial charge in [0.05, 0.1) is 12.4 Å². The monoisotopic (exact) mass is 225 g/mol. The summed E-state index contributed by atoms with van der Waals surface area (Å²) in [6.45, 7) is 0. The van der Waals surface area contributed by atoms with Crippen LogP contribution in [0.2, 0.25) is 0 Å². The molecule has 0 saturated carbocycles. The molecule has 0 aromatic carbocycles. The van der Waals surface area contributed by atoms with Crippen molar-refractivity contribution >= 4 is 27.7 Å². The quantitative estimate of drug-likeness (QED) is 0.377. The van der Waals surface area contributed by atoms with E-state index >= 15 is 0 Å². The highest BCUT2D eigenvalue weighted by molar-refractivity contribution is 9.09. The molecule has 0 aromatic rings. The molecule has 2 N–H and O–H groups in total. The lowest BCUT2D eigenvalue weighted by atomic mass is 10.2. The van der Waals surface area contributed by atoms with Crippen molar-refractivity contribution in [1.29, 1.82) is 0 Å². The third-order valence-corrected chi connectivity index (χ3v) is 1.49. The Labute approximate surface area is 71.8 Å². The van der Waals surface area contributed by atoms with E-state index < -0.39 is 17.8 Å². The summed E-state index contributed by atoms with van der Waals surface area (Å²) in [4.78, 5) is 25.4. The van der Waals surface area contributed by atoms with Crippen molar-refractivity contribution in [3.05, 3.63) is 0 Å². The van der Waals surface area contributed by atoms with Crippen molar-refractivity contribution in [2.75, 3.05) is 12.4 Å². The fourth-order valence-electron chi connectivity index (χ4n) is 0.449. The van der Waals surface area contributed by atoms with E-state index in [1.54, 1.807) is 0 Å². The second-order valence-electron chi connectivity index (χ2n) is 1.69. The van der Waals surface area contributed by atoms with Gasteiger partial charge in [0.1, 0.15) is 0 Å². The number of Topliss-reactive ketones (excluding diaryl/α,β-unsaturated/α-hetero) is 1. The Hall–Kier alpha value is -0.460. The third kappa shape index (κ3) is 3.45. The summed E-state index contributed by atoms with van der Waals surface area (Å²) >= 11 is 2.85. The van der Waals surface area contributed by atoms with E-state index in [0.717, 1.165) is 0 Å². The number of carboxylic acids is 1. The Kier molecular flexibility index (Phi) is 5.01. The largest absolute Gasteiger partial charge is 0.480 e. The minimum Gasteiger partial charge on any atom is -0.480 e. The maximum absolute atomic E-state index is 10.8. The molecule has 0 saturated heterocycles. The number of ketones is 1. The lowest BCUT2D eigenvalue weighted by Crippen LogP contribution is -2.43. The van der Waals surface area contributed by atoms with E-state index in [-0.39, 0.29) is 5.33 Å². The Morgan fingerprint density at radius 1 is 1.73 bits per heavy atom. The first-order valence-electron chi connectivity index (χ1n) is 2.73. The molecule has 0 aliphatic rings. The van der Waals surface area contributed by atoms with Gasteiger partial charge in [0, 0.05) is 0 Å². The lowest BCUT2D eigenvalue weighted by Gasteiger charge is -2.08. The predicted molar refractivity (Wildman–Crippen MR) is 40.4 cm³/mol.